The molecule has 39 heavy (non-hydrogen) atoms. The molecule has 200 valence electrons. The van der Waals surface area contributed by atoms with E-state index in [-0.39, 0.29) is 12.0 Å². The third-order valence-electron chi connectivity index (χ3n) is 6.33. The number of methoxy groups -OCH3 is 2. The zero-order chi connectivity index (χ0) is 27.4. The molecular weight excluding hydrogens is 510 g/mol. The van der Waals surface area contributed by atoms with E-state index < -0.39 is 0 Å². The van der Waals surface area contributed by atoms with E-state index >= 15 is 0 Å². The molecule has 0 aliphatic carbocycles. The van der Waals surface area contributed by atoms with Gasteiger partial charge in [0.1, 0.15) is 5.75 Å². The third kappa shape index (κ3) is 5.81. The number of aromatic amines is 1. The maximum Gasteiger partial charge on any atom is 0.266 e. The van der Waals surface area contributed by atoms with Crippen LogP contribution < -0.4 is 14.2 Å². The van der Waals surface area contributed by atoms with Crippen LogP contribution in [0.3, 0.4) is 0 Å². The second-order valence-corrected chi connectivity index (χ2v) is 10.3. The number of fused-ring (bicyclic) bond motifs is 1. The number of aliphatic imine (C=N–C) groups is 1. The Morgan fingerprint density at radius 3 is 2.54 bits per heavy atom. The Hall–Kier alpha value is -4.17. The van der Waals surface area contributed by atoms with Gasteiger partial charge in [-0.15, -0.1) is 0 Å². The Kier molecular flexibility index (Phi) is 7.93. The van der Waals surface area contributed by atoms with Gasteiger partial charge in [-0.1, -0.05) is 30.3 Å². The quantitative estimate of drug-likeness (QED) is 0.235. The van der Waals surface area contributed by atoms with Gasteiger partial charge in [0, 0.05) is 29.2 Å². The van der Waals surface area contributed by atoms with Crippen molar-refractivity contribution in [2.24, 2.45) is 4.99 Å². The number of amides is 1. The average molecular weight is 542 g/mol. The fourth-order valence-electron chi connectivity index (χ4n) is 4.44. The second-order valence-electron chi connectivity index (χ2n) is 9.31. The Morgan fingerprint density at radius 1 is 1.00 bits per heavy atom. The Bertz CT molecular complexity index is 1540. The van der Waals surface area contributed by atoms with Gasteiger partial charge in [-0.3, -0.25) is 9.69 Å². The van der Waals surface area contributed by atoms with Crippen molar-refractivity contribution in [1.29, 1.82) is 0 Å². The number of hydrogen-bond donors (Lipinski definition) is 1. The van der Waals surface area contributed by atoms with Gasteiger partial charge in [0.25, 0.3) is 5.91 Å². The van der Waals surface area contributed by atoms with Crippen molar-refractivity contribution >= 4 is 45.5 Å². The number of H-pyrrole nitrogens is 1. The molecule has 2 heterocycles. The van der Waals surface area contributed by atoms with Gasteiger partial charge in [-0.25, -0.2) is 4.99 Å². The molecule has 1 saturated heterocycles. The van der Waals surface area contributed by atoms with Crippen LogP contribution >= 0.6 is 11.8 Å². The molecule has 8 heteroatoms. The molecule has 0 atom stereocenters. The molecule has 1 N–H and O–H groups in total. The van der Waals surface area contributed by atoms with E-state index in [0.717, 1.165) is 33.5 Å². The van der Waals surface area contributed by atoms with Crippen LogP contribution in [0, 0.1) is 0 Å². The van der Waals surface area contributed by atoms with E-state index in [1.807, 2.05) is 80.7 Å². The molecule has 4 aromatic rings. The van der Waals surface area contributed by atoms with E-state index in [4.69, 9.17) is 19.2 Å². The van der Waals surface area contributed by atoms with Crippen molar-refractivity contribution in [1.82, 2.24) is 9.88 Å². The maximum atomic E-state index is 13.8. The van der Waals surface area contributed by atoms with Gasteiger partial charge in [0.15, 0.2) is 16.7 Å². The zero-order valence-corrected chi connectivity index (χ0v) is 23.2. The van der Waals surface area contributed by atoms with E-state index in [9.17, 15) is 4.79 Å². The topological polar surface area (TPSA) is 76.2 Å². The van der Waals surface area contributed by atoms with Crippen LogP contribution in [0.2, 0.25) is 0 Å². The molecule has 0 saturated carbocycles. The fourth-order valence-corrected chi connectivity index (χ4v) is 5.45. The number of rotatable bonds is 9. The molecule has 0 unspecified atom stereocenters. The number of para-hydroxylation sites is 2. The first-order valence-corrected chi connectivity index (χ1v) is 13.6. The standard InChI is InChI=1S/C31H31N3O4S/c1-20(2)38-29-21(8-7-11-27(29)37-4)18-28-30(35)34(17-16-22-19-32-26-10-6-5-9-25(22)26)31(39-28)33-23-12-14-24(36-3)15-13-23/h5-15,18-20,32H,16-17H2,1-4H3/b28-18-,33-31?. The molecule has 1 aliphatic rings. The summed E-state index contributed by atoms with van der Waals surface area (Å²) in [5.74, 6) is 1.89. The number of ether oxygens (including phenoxy) is 3. The largest absolute Gasteiger partial charge is 0.497 e. The summed E-state index contributed by atoms with van der Waals surface area (Å²) in [5, 5.41) is 1.79. The molecule has 7 nitrogen and oxygen atoms in total. The molecular formula is C31H31N3O4S. The van der Waals surface area contributed by atoms with E-state index in [1.54, 1.807) is 19.1 Å². The molecule has 1 fully saturated rings. The number of nitrogens with one attached hydrogen (secondary N) is 1. The lowest BCUT2D eigenvalue weighted by molar-refractivity contribution is -0.122. The van der Waals surface area contributed by atoms with E-state index in [1.165, 1.54) is 11.8 Å². The third-order valence-corrected chi connectivity index (χ3v) is 7.34. The summed E-state index contributed by atoms with van der Waals surface area (Å²) in [6, 6.07) is 21.3. The highest BCUT2D eigenvalue weighted by atomic mass is 32.2. The summed E-state index contributed by atoms with van der Waals surface area (Å²) in [4.78, 5) is 24.3. The predicted octanol–water partition coefficient (Wildman–Crippen LogP) is 6.82. The summed E-state index contributed by atoms with van der Waals surface area (Å²) >= 11 is 1.36. The minimum atomic E-state index is -0.0922. The van der Waals surface area contributed by atoms with Crippen molar-refractivity contribution in [3.05, 3.63) is 89.0 Å². The normalized spacial score (nSPS) is 15.6. The molecule has 0 spiro atoms. The van der Waals surface area contributed by atoms with Crippen LogP contribution in [0.4, 0.5) is 5.69 Å². The highest BCUT2D eigenvalue weighted by Gasteiger charge is 2.33. The Balaban J connectivity index is 1.49. The lowest BCUT2D eigenvalue weighted by Crippen LogP contribution is -2.31. The first-order chi connectivity index (χ1) is 19.0. The monoisotopic (exact) mass is 541 g/mol. The Morgan fingerprint density at radius 2 is 1.79 bits per heavy atom. The summed E-state index contributed by atoms with van der Waals surface area (Å²) in [6.45, 7) is 4.42. The number of hydrogen-bond acceptors (Lipinski definition) is 6. The van der Waals surface area contributed by atoms with Crippen LogP contribution in [-0.4, -0.2) is 47.8 Å². The summed E-state index contributed by atoms with van der Waals surface area (Å²) in [6.07, 6.45) is 4.51. The molecule has 3 aromatic carbocycles. The molecule has 1 aromatic heterocycles. The lowest BCUT2D eigenvalue weighted by Gasteiger charge is -2.16. The minimum absolute atomic E-state index is 0.0507. The second kappa shape index (κ2) is 11.7. The molecule has 0 bridgehead atoms. The van der Waals surface area contributed by atoms with Crippen LogP contribution in [0.1, 0.15) is 25.0 Å². The highest BCUT2D eigenvalue weighted by Crippen LogP contribution is 2.39. The number of carbonyl (C=O) groups excluding carboxylic acids is 1. The first-order valence-electron chi connectivity index (χ1n) is 12.8. The smallest absolute Gasteiger partial charge is 0.266 e. The van der Waals surface area contributed by atoms with Gasteiger partial charge >= 0.3 is 0 Å². The Labute approximate surface area is 232 Å². The maximum absolute atomic E-state index is 13.8. The van der Waals surface area contributed by atoms with Crippen LogP contribution in [-0.2, 0) is 11.2 Å². The van der Waals surface area contributed by atoms with Crippen molar-refractivity contribution < 1.29 is 19.0 Å². The van der Waals surface area contributed by atoms with Crippen molar-refractivity contribution in [2.75, 3.05) is 20.8 Å². The predicted molar refractivity (Wildman–Crippen MR) is 158 cm³/mol. The van der Waals surface area contributed by atoms with E-state index in [2.05, 4.69) is 17.1 Å². The number of aromatic nitrogens is 1. The molecule has 0 radical (unpaired) electrons. The SMILES string of the molecule is COc1ccc(N=C2S/C(=C\c3cccc(OC)c3OC(C)C)C(=O)N2CCc2c[nH]c3ccccc23)cc1. The van der Waals surface area contributed by atoms with Gasteiger partial charge in [-0.05, 0) is 80.1 Å². The minimum Gasteiger partial charge on any atom is -0.497 e. The van der Waals surface area contributed by atoms with Crippen LogP contribution in [0.5, 0.6) is 17.2 Å². The van der Waals surface area contributed by atoms with Crippen molar-refractivity contribution in [2.45, 2.75) is 26.4 Å². The first kappa shape index (κ1) is 26.4. The number of nitrogens with zero attached hydrogens (tertiary/aromatic N) is 2. The van der Waals surface area contributed by atoms with Gasteiger partial charge < -0.3 is 19.2 Å². The highest BCUT2D eigenvalue weighted by molar-refractivity contribution is 8.18. The summed E-state index contributed by atoms with van der Waals surface area (Å²) in [7, 11) is 3.24. The molecule has 5 rings (SSSR count). The van der Waals surface area contributed by atoms with Crippen LogP contribution in [0.25, 0.3) is 17.0 Å². The molecule has 1 amide bonds. The molecule has 1 aliphatic heterocycles. The van der Waals surface area contributed by atoms with E-state index in [0.29, 0.717) is 34.5 Å². The lowest BCUT2D eigenvalue weighted by atomic mass is 10.1. The average Bonchev–Trinajstić information content (AvgIpc) is 3.48. The zero-order valence-electron chi connectivity index (χ0n) is 22.4. The number of benzene rings is 3. The van der Waals surface area contributed by atoms with Gasteiger partial charge in [0.05, 0.1) is 30.9 Å². The number of amidine groups is 1. The summed E-state index contributed by atoms with van der Waals surface area (Å²) in [5.41, 5.74) is 3.76. The van der Waals surface area contributed by atoms with Gasteiger partial charge in [0.2, 0.25) is 0 Å². The van der Waals surface area contributed by atoms with Crippen molar-refractivity contribution in [3.63, 3.8) is 0 Å². The fraction of sp³-hybridized carbons (Fsp3) is 0.226. The van der Waals surface area contributed by atoms with Crippen LogP contribution in [0.15, 0.2) is 82.8 Å². The van der Waals surface area contributed by atoms with Gasteiger partial charge in [-0.2, -0.15) is 0 Å². The number of thioether (sulfide) groups is 1. The van der Waals surface area contributed by atoms with Crippen molar-refractivity contribution in [3.8, 4) is 17.2 Å². The number of carbonyl (C=O) groups is 1. The summed E-state index contributed by atoms with van der Waals surface area (Å²) < 4.78 is 16.9.